The van der Waals surface area contributed by atoms with Crippen molar-refractivity contribution in [3.8, 4) is 11.1 Å². The predicted octanol–water partition coefficient (Wildman–Crippen LogP) is 1.90. The van der Waals surface area contributed by atoms with Crippen molar-refractivity contribution in [2.45, 2.75) is 0 Å². The second-order valence-electron chi connectivity index (χ2n) is 2.89. The summed E-state index contributed by atoms with van der Waals surface area (Å²) in [4.78, 5) is 11.5. The first-order valence-electron chi connectivity index (χ1n) is 4.32. The van der Waals surface area contributed by atoms with Gasteiger partial charge in [0, 0.05) is 5.56 Å². The summed E-state index contributed by atoms with van der Waals surface area (Å²) in [6.07, 6.45) is 2.20. The van der Waals surface area contributed by atoms with Crippen LogP contribution in [0.2, 0.25) is 5.15 Å². The molecule has 2 aromatic rings. The maximum Gasteiger partial charge on any atom is 0.227 e. The van der Waals surface area contributed by atoms with Crippen LogP contribution >= 0.6 is 11.6 Å². The molecule has 1 heterocycles. The van der Waals surface area contributed by atoms with Gasteiger partial charge in [0.1, 0.15) is 0 Å². The highest BCUT2D eigenvalue weighted by molar-refractivity contribution is 6.32. The summed E-state index contributed by atoms with van der Waals surface area (Å²) in [5.41, 5.74) is 4.12. The molecule has 76 valence electrons. The Morgan fingerprint density at radius 1 is 1.33 bits per heavy atom. The normalized spacial score (nSPS) is 9.93. The molecular weight excluding hydrogens is 214 g/mol. The molecule has 1 aromatic heterocycles. The lowest BCUT2D eigenvalue weighted by Gasteiger charge is -1.95. The molecule has 1 amide bonds. The summed E-state index contributed by atoms with van der Waals surface area (Å²) in [5, 5.41) is 4.27. The number of benzene rings is 1. The maximum absolute atomic E-state index is 10.2. The van der Waals surface area contributed by atoms with Gasteiger partial charge in [0.05, 0.1) is 6.20 Å². The fourth-order valence-corrected chi connectivity index (χ4v) is 1.52. The van der Waals surface area contributed by atoms with Gasteiger partial charge in [0.25, 0.3) is 0 Å². The lowest BCUT2D eigenvalue weighted by Crippen LogP contribution is -2.12. The minimum absolute atomic E-state index is 0.357. The molecule has 0 atom stereocenters. The molecule has 0 aliphatic carbocycles. The molecule has 4 nitrogen and oxygen atoms in total. The van der Waals surface area contributed by atoms with Crippen LogP contribution in [-0.4, -0.2) is 16.3 Å². The number of hydrogen-bond donors (Lipinski definition) is 1. The van der Waals surface area contributed by atoms with E-state index >= 15 is 0 Å². The average molecular weight is 222 g/mol. The van der Waals surface area contributed by atoms with Crippen molar-refractivity contribution in [2.24, 2.45) is 0 Å². The third-order valence-corrected chi connectivity index (χ3v) is 2.22. The van der Waals surface area contributed by atoms with E-state index in [1.165, 1.54) is 4.79 Å². The Bertz CT molecular complexity index is 467. The van der Waals surface area contributed by atoms with Gasteiger partial charge in [-0.1, -0.05) is 41.9 Å². The number of amides is 1. The van der Waals surface area contributed by atoms with E-state index in [4.69, 9.17) is 11.6 Å². The monoisotopic (exact) mass is 221 g/mol. The third kappa shape index (κ3) is 1.99. The summed E-state index contributed by atoms with van der Waals surface area (Å²) >= 11 is 5.93. The zero-order chi connectivity index (χ0) is 10.7. The Morgan fingerprint density at radius 2 is 2.07 bits per heavy atom. The first-order valence-corrected chi connectivity index (χ1v) is 4.70. The van der Waals surface area contributed by atoms with Crippen LogP contribution in [0.1, 0.15) is 0 Å². The average Bonchev–Trinajstić information content (AvgIpc) is 2.61. The van der Waals surface area contributed by atoms with Gasteiger partial charge in [-0.25, -0.2) is 5.43 Å². The molecule has 0 aliphatic heterocycles. The number of halogens is 1. The minimum atomic E-state index is 0.357. The zero-order valence-electron chi connectivity index (χ0n) is 7.72. The van der Waals surface area contributed by atoms with Crippen molar-refractivity contribution in [1.29, 1.82) is 0 Å². The molecule has 0 unspecified atom stereocenters. The summed E-state index contributed by atoms with van der Waals surface area (Å²) < 4.78 is 0. The molecule has 1 N–H and O–H groups in total. The van der Waals surface area contributed by atoms with Gasteiger partial charge in [0.15, 0.2) is 5.15 Å². The van der Waals surface area contributed by atoms with Crippen molar-refractivity contribution in [2.75, 3.05) is 5.43 Å². The van der Waals surface area contributed by atoms with Crippen molar-refractivity contribution < 1.29 is 4.79 Å². The second-order valence-corrected chi connectivity index (χ2v) is 3.25. The number of aromatic nitrogens is 2. The van der Waals surface area contributed by atoms with Gasteiger partial charge in [-0.05, 0) is 5.56 Å². The van der Waals surface area contributed by atoms with E-state index in [1.54, 1.807) is 6.20 Å². The van der Waals surface area contributed by atoms with Crippen LogP contribution < -0.4 is 5.43 Å². The topological polar surface area (TPSA) is 46.9 Å². The number of nitrogens with zero attached hydrogens (tertiary/aromatic N) is 2. The van der Waals surface area contributed by atoms with E-state index in [0.29, 0.717) is 11.6 Å². The van der Waals surface area contributed by atoms with Crippen LogP contribution in [0, 0.1) is 0 Å². The number of carbonyl (C=O) groups excluding carboxylic acids is 1. The Balaban J connectivity index is 2.40. The van der Waals surface area contributed by atoms with E-state index in [1.807, 2.05) is 30.3 Å². The standard InChI is InChI=1S/C10H8ClN3O/c11-10-9(6-14(13-10)12-7-15)8-4-2-1-3-5-8/h1-7H,(H,12,15). The summed E-state index contributed by atoms with van der Waals surface area (Å²) in [6, 6.07) is 9.60. The summed E-state index contributed by atoms with van der Waals surface area (Å²) in [5.74, 6) is 0. The third-order valence-electron chi connectivity index (χ3n) is 1.94. The fourth-order valence-electron chi connectivity index (χ4n) is 1.28. The van der Waals surface area contributed by atoms with E-state index in [9.17, 15) is 4.79 Å². The minimum Gasteiger partial charge on any atom is -0.277 e. The fraction of sp³-hybridized carbons (Fsp3) is 0. The van der Waals surface area contributed by atoms with Gasteiger partial charge in [-0.2, -0.15) is 4.79 Å². The van der Waals surface area contributed by atoms with Crippen LogP contribution in [0.5, 0.6) is 0 Å². The highest BCUT2D eigenvalue weighted by Crippen LogP contribution is 2.25. The van der Waals surface area contributed by atoms with E-state index in [0.717, 1.165) is 11.1 Å². The predicted molar refractivity (Wildman–Crippen MR) is 58.1 cm³/mol. The number of nitrogens with one attached hydrogen (secondary N) is 1. The molecule has 2 rings (SSSR count). The van der Waals surface area contributed by atoms with Crippen LogP contribution in [0.4, 0.5) is 0 Å². The Hall–Kier alpha value is -1.81. The van der Waals surface area contributed by atoms with Crippen molar-refractivity contribution >= 4 is 18.0 Å². The molecule has 5 heteroatoms. The van der Waals surface area contributed by atoms with Crippen LogP contribution in [0.3, 0.4) is 0 Å². The Morgan fingerprint density at radius 3 is 2.73 bits per heavy atom. The molecule has 0 saturated carbocycles. The molecule has 0 saturated heterocycles. The molecule has 0 spiro atoms. The van der Waals surface area contributed by atoms with Crippen LogP contribution in [0.25, 0.3) is 11.1 Å². The van der Waals surface area contributed by atoms with Crippen molar-refractivity contribution in [3.05, 3.63) is 41.7 Å². The highest BCUT2D eigenvalue weighted by atomic mass is 35.5. The Kier molecular flexibility index (Phi) is 2.69. The van der Waals surface area contributed by atoms with Crippen LogP contribution in [-0.2, 0) is 4.79 Å². The van der Waals surface area contributed by atoms with Crippen molar-refractivity contribution in [3.63, 3.8) is 0 Å². The number of carbonyl (C=O) groups is 1. The summed E-state index contributed by atoms with van der Waals surface area (Å²) in [7, 11) is 0. The van der Waals surface area contributed by atoms with E-state index < -0.39 is 0 Å². The van der Waals surface area contributed by atoms with Gasteiger partial charge >= 0.3 is 0 Å². The van der Waals surface area contributed by atoms with Gasteiger partial charge in [-0.15, -0.1) is 5.10 Å². The van der Waals surface area contributed by atoms with Gasteiger partial charge in [-0.3, -0.25) is 4.79 Å². The molecule has 0 bridgehead atoms. The Labute approximate surface area is 91.4 Å². The first kappa shape index (κ1) is 9.73. The molecule has 0 radical (unpaired) electrons. The molecule has 15 heavy (non-hydrogen) atoms. The lowest BCUT2D eigenvalue weighted by molar-refractivity contribution is -0.106. The SMILES string of the molecule is O=CNn1cc(-c2ccccc2)c(Cl)n1. The molecule has 0 aliphatic rings. The molecule has 0 fully saturated rings. The largest absolute Gasteiger partial charge is 0.277 e. The quantitative estimate of drug-likeness (QED) is 0.805. The summed E-state index contributed by atoms with van der Waals surface area (Å²) in [6.45, 7) is 0. The molecule has 1 aromatic carbocycles. The lowest BCUT2D eigenvalue weighted by atomic mass is 10.1. The van der Waals surface area contributed by atoms with Gasteiger partial charge in [0.2, 0.25) is 6.41 Å². The van der Waals surface area contributed by atoms with Crippen molar-refractivity contribution in [1.82, 2.24) is 9.89 Å². The van der Waals surface area contributed by atoms with Crippen LogP contribution in [0.15, 0.2) is 36.5 Å². The highest BCUT2D eigenvalue weighted by Gasteiger charge is 2.07. The molecular formula is C10H8ClN3O. The van der Waals surface area contributed by atoms with E-state index in [2.05, 4.69) is 10.5 Å². The van der Waals surface area contributed by atoms with E-state index in [-0.39, 0.29) is 0 Å². The number of rotatable bonds is 3. The van der Waals surface area contributed by atoms with Gasteiger partial charge < -0.3 is 0 Å². The second kappa shape index (κ2) is 4.14. The zero-order valence-corrected chi connectivity index (χ0v) is 8.48. The first-order chi connectivity index (χ1) is 7.31. The number of hydrogen-bond acceptors (Lipinski definition) is 2. The smallest absolute Gasteiger partial charge is 0.227 e. The maximum atomic E-state index is 10.2.